The van der Waals surface area contributed by atoms with Gasteiger partial charge in [0.1, 0.15) is 6.61 Å². The van der Waals surface area contributed by atoms with Crippen LogP contribution in [0.15, 0.2) is 48.8 Å². The van der Waals surface area contributed by atoms with Gasteiger partial charge in [-0.2, -0.15) is 0 Å². The number of anilines is 2. The molecule has 2 aromatic heterocycles. The molecule has 1 aromatic carbocycles. The zero-order chi connectivity index (χ0) is 18.3. The van der Waals surface area contributed by atoms with Crippen LogP contribution in [0.5, 0.6) is 0 Å². The predicted molar refractivity (Wildman–Crippen MR) is 99.3 cm³/mol. The molecule has 0 bridgehead atoms. The summed E-state index contributed by atoms with van der Waals surface area (Å²) >= 11 is 0. The molecule has 1 aliphatic heterocycles. The standard InChI is InChI=1S/C19H19N5O2/c1-12-9-22-8-7-14(12)18-19(23(20)13-5-3-2-4-6-13)17-15(24(18)21)10-26-11-16(17)25/h2-9H,10-11,20-21H2,1H3. The van der Waals surface area contributed by atoms with E-state index in [1.165, 1.54) is 9.69 Å². The third kappa shape index (κ3) is 2.45. The number of carbonyl (C=O) groups excluding carboxylic acids is 1. The number of ketones is 1. The number of ether oxygens (including phenoxy) is 1. The summed E-state index contributed by atoms with van der Waals surface area (Å²) in [7, 11) is 0. The fraction of sp³-hybridized carbons (Fsp3) is 0.158. The van der Waals surface area contributed by atoms with Crippen LogP contribution in [0, 0.1) is 6.92 Å². The van der Waals surface area contributed by atoms with E-state index in [0.717, 1.165) is 16.8 Å². The van der Waals surface area contributed by atoms with Gasteiger partial charge in [-0.05, 0) is 30.7 Å². The lowest BCUT2D eigenvalue weighted by Gasteiger charge is -2.22. The molecule has 0 atom stereocenters. The van der Waals surface area contributed by atoms with E-state index in [2.05, 4.69) is 4.98 Å². The average Bonchev–Trinajstić information content (AvgIpc) is 2.96. The monoisotopic (exact) mass is 349 g/mol. The first kappa shape index (κ1) is 16.3. The van der Waals surface area contributed by atoms with Gasteiger partial charge in [-0.15, -0.1) is 0 Å². The molecule has 7 nitrogen and oxygen atoms in total. The molecule has 0 saturated carbocycles. The Morgan fingerprint density at radius 1 is 1.19 bits per heavy atom. The number of benzene rings is 1. The van der Waals surface area contributed by atoms with E-state index in [9.17, 15) is 4.79 Å². The van der Waals surface area contributed by atoms with Gasteiger partial charge < -0.3 is 10.6 Å². The Balaban J connectivity index is 2.02. The van der Waals surface area contributed by atoms with Crippen molar-refractivity contribution in [3.05, 3.63) is 65.6 Å². The van der Waals surface area contributed by atoms with Gasteiger partial charge in [0.25, 0.3) is 0 Å². The Labute approximate surface area is 150 Å². The molecule has 0 spiro atoms. The molecule has 0 saturated heterocycles. The van der Waals surface area contributed by atoms with Crippen LogP contribution in [-0.4, -0.2) is 22.1 Å². The second kappa shape index (κ2) is 6.29. The molecule has 3 heterocycles. The van der Waals surface area contributed by atoms with Gasteiger partial charge in [0.05, 0.1) is 34.9 Å². The lowest BCUT2D eigenvalue weighted by atomic mass is 10.0. The summed E-state index contributed by atoms with van der Waals surface area (Å²) < 4.78 is 6.89. The Hall–Kier alpha value is -3.16. The third-order valence-electron chi connectivity index (χ3n) is 4.58. The van der Waals surface area contributed by atoms with E-state index >= 15 is 0 Å². The third-order valence-corrected chi connectivity index (χ3v) is 4.58. The van der Waals surface area contributed by atoms with Crippen LogP contribution < -0.4 is 16.7 Å². The van der Waals surface area contributed by atoms with Crippen LogP contribution in [0.3, 0.4) is 0 Å². The number of carbonyl (C=O) groups is 1. The second-order valence-corrected chi connectivity index (χ2v) is 6.20. The molecule has 0 fully saturated rings. The highest BCUT2D eigenvalue weighted by Gasteiger charge is 2.33. The van der Waals surface area contributed by atoms with Gasteiger partial charge >= 0.3 is 0 Å². The van der Waals surface area contributed by atoms with Crippen LogP contribution in [0.1, 0.15) is 21.6 Å². The molecular formula is C19H19N5O2. The van der Waals surface area contributed by atoms with Crippen molar-refractivity contribution in [1.29, 1.82) is 0 Å². The van der Waals surface area contributed by atoms with Crippen molar-refractivity contribution in [1.82, 2.24) is 9.66 Å². The van der Waals surface area contributed by atoms with Crippen molar-refractivity contribution in [2.45, 2.75) is 13.5 Å². The topological polar surface area (TPSA) is 99.4 Å². The predicted octanol–water partition coefficient (Wildman–Crippen LogP) is 2.30. The highest BCUT2D eigenvalue weighted by Crippen LogP contribution is 2.41. The number of Topliss-reactive ketones (excluding diaryl/α,β-unsaturated/α-hetero) is 1. The van der Waals surface area contributed by atoms with Crippen molar-refractivity contribution >= 4 is 17.2 Å². The van der Waals surface area contributed by atoms with Crippen LogP contribution in [-0.2, 0) is 11.3 Å². The Kier molecular flexibility index (Phi) is 3.95. The molecule has 4 rings (SSSR count). The highest BCUT2D eigenvalue weighted by atomic mass is 16.5. The van der Waals surface area contributed by atoms with E-state index in [0.29, 0.717) is 22.6 Å². The van der Waals surface area contributed by atoms with Crippen molar-refractivity contribution in [3.63, 3.8) is 0 Å². The maximum absolute atomic E-state index is 12.6. The van der Waals surface area contributed by atoms with Crippen molar-refractivity contribution < 1.29 is 9.53 Å². The molecule has 7 heteroatoms. The number of pyridine rings is 1. The van der Waals surface area contributed by atoms with Crippen LogP contribution in [0.4, 0.5) is 11.4 Å². The number of rotatable bonds is 3. The zero-order valence-electron chi connectivity index (χ0n) is 14.3. The van der Waals surface area contributed by atoms with Gasteiger partial charge in [0.15, 0.2) is 5.78 Å². The number of nitrogens with zero attached hydrogens (tertiary/aromatic N) is 3. The summed E-state index contributed by atoms with van der Waals surface area (Å²) in [6.07, 6.45) is 3.45. The molecule has 0 aliphatic carbocycles. The number of hydrogen-bond donors (Lipinski definition) is 2. The molecule has 132 valence electrons. The van der Waals surface area contributed by atoms with E-state index in [1.54, 1.807) is 12.4 Å². The number of hydrogen-bond acceptors (Lipinski definition) is 6. The first-order valence-corrected chi connectivity index (χ1v) is 8.24. The molecule has 0 radical (unpaired) electrons. The largest absolute Gasteiger partial charge is 0.367 e. The van der Waals surface area contributed by atoms with Gasteiger partial charge in [0.2, 0.25) is 0 Å². The van der Waals surface area contributed by atoms with Gasteiger partial charge in [0, 0.05) is 18.0 Å². The number of para-hydroxylation sites is 1. The van der Waals surface area contributed by atoms with E-state index < -0.39 is 0 Å². The highest BCUT2D eigenvalue weighted by molar-refractivity contribution is 6.08. The summed E-state index contributed by atoms with van der Waals surface area (Å²) in [5.41, 5.74) is 4.94. The Bertz CT molecular complexity index is 981. The number of aromatic nitrogens is 2. The molecule has 0 amide bonds. The number of nitrogen functional groups attached to an aromatic ring is 1. The van der Waals surface area contributed by atoms with Crippen molar-refractivity contribution in [2.24, 2.45) is 5.84 Å². The maximum Gasteiger partial charge on any atom is 0.192 e. The van der Waals surface area contributed by atoms with Crippen molar-refractivity contribution in [2.75, 3.05) is 17.5 Å². The summed E-state index contributed by atoms with van der Waals surface area (Å²) in [4.78, 5) is 16.8. The zero-order valence-corrected chi connectivity index (χ0v) is 14.3. The molecule has 4 N–H and O–H groups in total. The molecular weight excluding hydrogens is 330 g/mol. The summed E-state index contributed by atoms with van der Waals surface area (Å²) in [6.45, 7) is 2.22. The van der Waals surface area contributed by atoms with Crippen LogP contribution >= 0.6 is 0 Å². The van der Waals surface area contributed by atoms with Crippen LogP contribution in [0.2, 0.25) is 0 Å². The molecule has 26 heavy (non-hydrogen) atoms. The Morgan fingerprint density at radius 2 is 1.96 bits per heavy atom. The first-order chi connectivity index (χ1) is 12.6. The molecule has 3 aromatic rings. The number of hydrazine groups is 1. The van der Waals surface area contributed by atoms with Crippen molar-refractivity contribution in [3.8, 4) is 11.3 Å². The number of nitrogens with two attached hydrogens (primary N) is 2. The van der Waals surface area contributed by atoms with E-state index in [1.807, 2.05) is 43.3 Å². The molecule has 1 aliphatic rings. The summed E-state index contributed by atoms with van der Waals surface area (Å²) in [5, 5.41) is 1.51. The quantitative estimate of drug-likeness (QED) is 0.556. The van der Waals surface area contributed by atoms with E-state index in [-0.39, 0.29) is 19.0 Å². The Morgan fingerprint density at radius 3 is 2.69 bits per heavy atom. The number of fused-ring (bicyclic) bond motifs is 1. The lowest BCUT2D eigenvalue weighted by molar-refractivity contribution is 0.0653. The smallest absolute Gasteiger partial charge is 0.192 e. The van der Waals surface area contributed by atoms with Gasteiger partial charge in [-0.1, -0.05) is 18.2 Å². The lowest BCUT2D eigenvalue weighted by Crippen LogP contribution is -2.28. The maximum atomic E-state index is 12.6. The summed E-state index contributed by atoms with van der Waals surface area (Å²) in [5.74, 6) is 12.7. The minimum atomic E-state index is -0.134. The fourth-order valence-corrected chi connectivity index (χ4v) is 3.32. The van der Waals surface area contributed by atoms with Gasteiger partial charge in [-0.25, -0.2) is 5.84 Å². The van der Waals surface area contributed by atoms with E-state index in [4.69, 9.17) is 16.4 Å². The van der Waals surface area contributed by atoms with Crippen LogP contribution in [0.25, 0.3) is 11.3 Å². The minimum absolute atomic E-state index is 0.0153. The molecule has 0 unspecified atom stereocenters. The second-order valence-electron chi connectivity index (χ2n) is 6.20. The summed E-state index contributed by atoms with van der Waals surface area (Å²) in [6, 6.07) is 11.3. The fourth-order valence-electron chi connectivity index (χ4n) is 3.32. The van der Waals surface area contributed by atoms with Gasteiger partial charge in [-0.3, -0.25) is 19.5 Å². The first-order valence-electron chi connectivity index (χ1n) is 8.24. The normalized spacial score (nSPS) is 13.5. The number of aryl methyl sites for hydroxylation is 1. The minimum Gasteiger partial charge on any atom is -0.367 e. The average molecular weight is 349 g/mol. The SMILES string of the molecule is Cc1cnccc1-c1c(N(N)c2ccccc2)c2c(n1N)COCC2=O.